The molecule has 186 valence electrons. The average molecular weight is 484 g/mol. The highest BCUT2D eigenvalue weighted by molar-refractivity contribution is 6.06. The van der Waals surface area contributed by atoms with Crippen molar-refractivity contribution in [1.82, 2.24) is 5.32 Å². The first kappa shape index (κ1) is 23.9. The molecule has 6 nitrogen and oxygen atoms in total. The van der Waals surface area contributed by atoms with Crippen molar-refractivity contribution in [2.24, 2.45) is 0 Å². The monoisotopic (exact) mass is 483 g/mol. The number of anilines is 2. The number of methoxy groups -OCH3 is 1. The third-order valence-electron chi connectivity index (χ3n) is 7.24. The number of carbonyl (C=O) groups is 2. The van der Waals surface area contributed by atoms with Crippen LogP contribution in [-0.4, -0.2) is 31.5 Å². The second-order valence-corrected chi connectivity index (χ2v) is 9.67. The molecule has 1 aliphatic heterocycles. The minimum absolute atomic E-state index is 0.0757. The molecule has 2 amide bonds. The Morgan fingerprint density at radius 1 is 0.889 bits per heavy atom. The minimum Gasteiger partial charge on any atom is -0.497 e. The number of carbonyl (C=O) groups excluding carboxylic acids is 2. The van der Waals surface area contributed by atoms with Crippen LogP contribution >= 0.6 is 0 Å². The minimum atomic E-state index is -0.243. The van der Waals surface area contributed by atoms with Crippen LogP contribution in [0.15, 0.2) is 66.7 Å². The second-order valence-electron chi connectivity index (χ2n) is 9.67. The molecule has 1 fully saturated rings. The van der Waals surface area contributed by atoms with Crippen molar-refractivity contribution in [3.05, 3.63) is 89.0 Å². The highest BCUT2D eigenvalue weighted by atomic mass is 16.5. The zero-order valence-electron chi connectivity index (χ0n) is 20.8. The van der Waals surface area contributed by atoms with Gasteiger partial charge in [0.15, 0.2) is 0 Å². The Kier molecular flexibility index (Phi) is 7.21. The van der Waals surface area contributed by atoms with Gasteiger partial charge < -0.3 is 20.3 Å². The Balaban J connectivity index is 1.42. The van der Waals surface area contributed by atoms with Crippen molar-refractivity contribution in [3.8, 4) is 5.75 Å². The van der Waals surface area contributed by atoms with Gasteiger partial charge in [-0.15, -0.1) is 0 Å². The van der Waals surface area contributed by atoms with Crippen LogP contribution < -0.4 is 20.3 Å². The third-order valence-corrected chi connectivity index (χ3v) is 7.24. The maximum atomic E-state index is 13.5. The van der Waals surface area contributed by atoms with E-state index in [2.05, 4.69) is 39.8 Å². The molecule has 1 heterocycles. The van der Waals surface area contributed by atoms with Gasteiger partial charge >= 0.3 is 0 Å². The largest absolute Gasteiger partial charge is 0.497 e. The van der Waals surface area contributed by atoms with E-state index in [1.54, 1.807) is 31.4 Å². The van der Waals surface area contributed by atoms with Crippen molar-refractivity contribution < 1.29 is 14.3 Å². The van der Waals surface area contributed by atoms with E-state index in [1.807, 2.05) is 18.2 Å². The van der Waals surface area contributed by atoms with E-state index in [-0.39, 0.29) is 17.9 Å². The van der Waals surface area contributed by atoms with Gasteiger partial charge in [-0.05, 0) is 66.8 Å². The predicted octanol–water partition coefficient (Wildman–Crippen LogP) is 5.57. The fourth-order valence-electron chi connectivity index (χ4n) is 5.25. The van der Waals surface area contributed by atoms with E-state index in [0.29, 0.717) is 22.6 Å². The molecule has 36 heavy (non-hydrogen) atoms. The van der Waals surface area contributed by atoms with Crippen LogP contribution in [0.3, 0.4) is 0 Å². The summed E-state index contributed by atoms with van der Waals surface area (Å²) in [6.45, 7) is 1.60. The summed E-state index contributed by atoms with van der Waals surface area (Å²) in [5, 5.41) is 6.23. The lowest BCUT2D eigenvalue weighted by molar-refractivity contribution is 0.0927. The fourth-order valence-corrected chi connectivity index (χ4v) is 5.25. The number of nitrogens with zero attached hydrogens (tertiary/aromatic N) is 1. The van der Waals surface area contributed by atoms with E-state index in [9.17, 15) is 9.59 Å². The van der Waals surface area contributed by atoms with Crippen LogP contribution in [0.2, 0.25) is 0 Å². The van der Waals surface area contributed by atoms with E-state index < -0.39 is 0 Å². The first-order valence-electron chi connectivity index (χ1n) is 12.8. The number of benzene rings is 3. The van der Waals surface area contributed by atoms with Crippen LogP contribution in [0.4, 0.5) is 11.4 Å². The summed E-state index contributed by atoms with van der Waals surface area (Å²) in [5.74, 6) is 0.302. The molecule has 2 N–H and O–H groups in total. The number of nitrogens with one attached hydrogen (secondary N) is 2. The Labute approximate surface area is 212 Å². The first-order valence-corrected chi connectivity index (χ1v) is 12.8. The molecule has 1 saturated carbocycles. The van der Waals surface area contributed by atoms with E-state index >= 15 is 0 Å². The van der Waals surface area contributed by atoms with Gasteiger partial charge in [-0.1, -0.05) is 49.6 Å². The average Bonchev–Trinajstić information content (AvgIpc) is 2.93. The summed E-state index contributed by atoms with van der Waals surface area (Å²) in [5.41, 5.74) is 5.25. The lowest BCUT2D eigenvalue weighted by Crippen LogP contribution is -2.38. The van der Waals surface area contributed by atoms with Gasteiger partial charge in [-0.25, -0.2) is 0 Å². The number of hydrogen-bond donors (Lipinski definition) is 2. The van der Waals surface area contributed by atoms with Crippen molar-refractivity contribution in [2.45, 2.75) is 51.1 Å². The summed E-state index contributed by atoms with van der Waals surface area (Å²) >= 11 is 0. The summed E-state index contributed by atoms with van der Waals surface area (Å²) < 4.78 is 5.25. The molecule has 0 radical (unpaired) electrons. The Morgan fingerprint density at radius 2 is 1.69 bits per heavy atom. The Hall–Kier alpha value is -3.80. The molecule has 0 unspecified atom stereocenters. The molecular formula is C30H33N3O3. The lowest BCUT2D eigenvalue weighted by atomic mass is 9.95. The van der Waals surface area contributed by atoms with Gasteiger partial charge in [-0.2, -0.15) is 0 Å². The van der Waals surface area contributed by atoms with Crippen LogP contribution in [0.1, 0.15) is 63.9 Å². The zero-order chi connectivity index (χ0) is 24.9. The van der Waals surface area contributed by atoms with E-state index in [1.165, 1.54) is 17.5 Å². The van der Waals surface area contributed by atoms with Gasteiger partial charge in [0.25, 0.3) is 11.8 Å². The predicted molar refractivity (Wildman–Crippen MR) is 143 cm³/mol. The number of hydrogen-bond acceptors (Lipinski definition) is 4. The summed E-state index contributed by atoms with van der Waals surface area (Å²) in [6.07, 6.45) is 6.51. The topological polar surface area (TPSA) is 70.7 Å². The van der Waals surface area contributed by atoms with Gasteiger partial charge in [0.05, 0.1) is 12.7 Å². The highest BCUT2D eigenvalue weighted by Gasteiger charge is 2.24. The number of ether oxygens (including phenoxy) is 1. The van der Waals surface area contributed by atoms with Crippen LogP contribution in [-0.2, 0) is 13.0 Å². The molecule has 0 atom stereocenters. The second kappa shape index (κ2) is 10.9. The first-order chi connectivity index (χ1) is 17.6. The molecule has 0 bridgehead atoms. The maximum Gasteiger partial charge on any atom is 0.255 e. The summed E-state index contributed by atoms with van der Waals surface area (Å²) in [7, 11) is 1.58. The Bertz CT molecular complexity index is 1250. The zero-order valence-corrected chi connectivity index (χ0v) is 20.8. The molecule has 3 aromatic rings. The molecular weight excluding hydrogens is 450 g/mol. The number of rotatable bonds is 6. The van der Waals surface area contributed by atoms with Gasteiger partial charge in [-0.3, -0.25) is 9.59 Å². The van der Waals surface area contributed by atoms with Crippen LogP contribution in [0, 0.1) is 0 Å². The number of amides is 2. The van der Waals surface area contributed by atoms with Crippen LogP contribution in [0.5, 0.6) is 5.75 Å². The SMILES string of the molecule is COc1cccc(C(=O)Nc2ccc(N3CCc4ccccc4C3)c(C(=O)NC3CCCCC3)c2)c1. The van der Waals surface area contributed by atoms with Gasteiger partial charge in [0, 0.05) is 36.1 Å². The van der Waals surface area contributed by atoms with E-state index in [0.717, 1.165) is 50.9 Å². The smallest absolute Gasteiger partial charge is 0.255 e. The summed E-state index contributed by atoms with van der Waals surface area (Å²) in [6, 6.07) is 21.4. The normalized spacial score (nSPS) is 15.6. The molecule has 0 saturated heterocycles. The van der Waals surface area contributed by atoms with Crippen molar-refractivity contribution in [3.63, 3.8) is 0 Å². The molecule has 0 spiro atoms. The summed E-state index contributed by atoms with van der Waals surface area (Å²) in [4.78, 5) is 28.7. The van der Waals surface area contributed by atoms with Crippen molar-refractivity contribution in [1.29, 1.82) is 0 Å². The molecule has 6 heteroatoms. The molecule has 3 aromatic carbocycles. The molecule has 1 aliphatic carbocycles. The molecule has 0 aromatic heterocycles. The number of fused-ring (bicyclic) bond motifs is 1. The Morgan fingerprint density at radius 3 is 2.50 bits per heavy atom. The van der Waals surface area contributed by atoms with E-state index in [4.69, 9.17) is 4.74 Å². The quantitative estimate of drug-likeness (QED) is 0.481. The van der Waals surface area contributed by atoms with Crippen molar-refractivity contribution in [2.75, 3.05) is 23.9 Å². The maximum absolute atomic E-state index is 13.5. The fraction of sp³-hybridized carbons (Fsp3) is 0.333. The van der Waals surface area contributed by atoms with Gasteiger partial charge in [0.1, 0.15) is 5.75 Å². The van der Waals surface area contributed by atoms with Gasteiger partial charge in [0.2, 0.25) is 0 Å². The van der Waals surface area contributed by atoms with Crippen molar-refractivity contribution >= 4 is 23.2 Å². The molecule has 5 rings (SSSR count). The molecule has 2 aliphatic rings. The van der Waals surface area contributed by atoms with Crippen LogP contribution in [0.25, 0.3) is 0 Å². The standard InChI is InChI=1S/C30H33N3O3/c1-36-26-13-7-10-22(18-26)29(34)32-25-14-15-28(33-17-16-21-8-5-6-9-23(21)20-33)27(19-25)30(35)31-24-11-3-2-4-12-24/h5-10,13-15,18-19,24H,2-4,11-12,16-17,20H2,1H3,(H,31,35)(H,32,34). The highest BCUT2D eigenvalue weighted by Crippen LogP contribution is 2.30. The lowest BCUT2D eigenvalue weighted by Gasteiger charge is -2.32. The third kappa shape index (κ3) is 5.38.